The Kier molecular flexibility index (Phi) is 8.26. The summed E-state index contributed by atoms with van der Waals surface area (Å²) in [4.78, 5) is 21.7. The van der Waals surface area contributed by atoms with Gasteiger partial charge < -0.3 is 9.47 Å². The first kappa shape index (κ1) is 16.0. The van der Waals surface area contributed by atoms with Crippen LogP contribution >= 0.6 is 0 Å². The van der Waals surface area contributed by atoms with E-state index >= 15 is 0 Å². The Morgan fingerprint density at radius 1 is 1.05 bits per heavy atom. The quantitative estimate of drug-likeness (QED) is 0.367. The first-order chi connectivity index (χ1) is 9.24. The van der Waals surface area contributed by atoms with Crippen LogP contribution in [0, 0.1) is 11.8 Å². The molecule has 19 heavy (non-hydrogen) atoms. The Labute approximate surface area is 115 Å². The van der Waals surface area contributed by atoms with Crippen LogP contribution < -0.4 is 0 Å². The molecule has 0 N–H and O–H groups in total. The van der Waals surface area contributed by atoms with Crippen LogP contribution in [0.4, 0.5) is 0 Å². The molecule has 0 spiro atoms. The van der Waals surface area contributed by atoms with E-state index in [0.717, 1.165) is 57.3 Å². The molecule has 1 aliphatic carbocycles. The van der Waals surface area contributed by atoms with E-state index in [9.17, 15) is 9.59 Å². The van der Waals surface area contributed by atoms with Crippen molar-refractivity contribution in [1.29, 1.82) is 0 Å². The fourth-order valence-electron chi connectivity index (χ4n) is 2.48. The first-order valence-corrected chi connectivity index (χ1v) is 7.46. The summed E-state index contributed by atoms with van der Waals surface area (Å²) in [5.74, 6) is 0.894. The Morgan fingerprint density at radius 2 is 1.68 bits per heavy atom. The molecule has 0 saturated heterocycles. The summed E-state index contributed by atoms with van der Waals surface area (Å²) in [5.41, 5.74) is 0. The molecule has 0 aromatic carbocycles. The van der Waals surface area contributed by atoms with E-state index < -0.39 is 0 Å². The van der Waals surface area contributed by atoms with Crippen molar-refractivity contribution >= 4 is 12.4 Å². The Bertz CT molecular complexity index is 257. The molecule has 1 fully saturated rings. The lowest BCUT2D eigenvalue weighted by molar-refractivity contribution is -0.150. The number of unbranched alkanes of at least 4 members (excludes halogenated alkanes) is 3. The minimum atomic E-state index is -0.00353. The lowest BCUT2D eigenvalue weighted by atomic mass is 9.83. The molecule has 0 atom stereocenters. The lowest BCUT2D eigenvalue weighted by Gasteiger charge is -2.24. The van der Waals surface area contributed by atoms with Crippen molar-refractivity contribution in [1.82, 2.24) is 0 Å². The topological polar surface area (TPSA) is 52.6 Å². The highest BCUT2D eigenvalue weighted by Crippen LogP contribution is 2.29. The summed E-state index contributed by atoms with van der Waals surface area (Å²) in [5, 5.41) is 0. The second kappa shape index (κ2) is 9.82. The van der Waals surface area contributed by atoms with Crippen LogP contribution in [0.1, 0.15) is 58.3 Å². The zero-order valence-electron chi connectivity index (χ0n) is 11.9. The van der Waals surface area contributed by atoms with Gasteiger partial charge in [-0.1, -0.05) is 6.92 Å². The maximum absolute atomic E-state index is 11.8. The zero-order valence-corrected chi connectivity index (χ0v) is 11.9. The maximum Gasteiger partial charge on any atom is 0.308 e. The molecule has 110 valence electrons. The molecule has 0 unspecified atom stereocenters. The van der Waals surface area contributed by atoms with E-state index in [4.69, 9.17) is 4.74 Å². The molecule has 0 aromatic rings. The third-order valence-electron chi connectivity index (χ3n) is 3.82. The van der Waals surface area contributed by atoms with Gasteiger partial charge in [0.1, 0.15) is 0 Å². The fourth-order valence-corrected chi connectivity index (χ4v) is 2.48. The second-order valence-corrected chi connectivity index (χ2v) is 5.51. The van der Waals surface area contributed by atoms with Crippen molar-refractivity contribution < 1.29 is 19.1 Å². The molecule has 1 saturated carbocycles. The van der Waals surface area contributed by atoms with Crippen LogP contribution in [0.15, 0.2) is 0 Å². The van der Waals surface area contributed by atoms with E-state index in [2.05, 4.69) is 11.7 Å². The van der Waals surface area contributed by atoms with Gasteiger partial charge in [-0.3, -0.25) is 9.59 Å². The van der Waals surface area contributed by atoms with Crippen molar-refractivity contribution in [3.63, 3.8) is 0 Å². The number of hydrogen-bond donors (Lipinski definition) is 0. The molecular weight excluding hydrogens is 244 g/mol. The number of hydrogen-bond acceptors (Lipinski definition) is 4. The Hall–Kier alpha value is -1.06. The van der Waals surface area contributed by atoms with Crippen LogP contribution in [0.2, 0.25) is 0 Å². The van der Waals surface area contributed by atoms with Crippen molar-refractivity contribution in [2.45, 2.75) is 58.3 Å². The average Bonchev–Trinajstić information content (AvgIpc) is 2.42. The highest BCUT2D eigenvalue weighted by molar-refractivity contribution is 5.72. The van der Waals surface area contributed by atoms with Crippen molar-refractivity contribution in [2.75, 3.05) is 13.2 Å². The van der Waals surface area contributed by atoms with Crippen LogP contribution in [-0.4, -0.2) is 25.7 Å². The van der Waals surface area contributed by atoms with E-state index in [-0.39, 0.29) is 11.9 Å². The second-order valence-electron chi connectivity index (χ2n) is 5.51. The third-order valence-corrected chi connectivity index (χ3v) is 3.82. The molecule has 0 bridgehead atoms. The highest BCUT2D eigenvalue weighted by atomic mass is 16.5. The molecule has 0 aliphatic heterocycles. The summed E-state index contributed by atoms with van der Waals surface area (Å²) < 4.78 is 9.92. The highest BCUT2D eigenvalue weighted by Gasteiger charge is 2.25. The van der Waals surface area contributed by atoms with Crippen molar-refractivity contribution in [2.24, 2.45) is 11.8 Å². The van der Waals surface area contributed by atoms with Crippen molar-refractivity contribution in [3.8, 4) is 0 Å². The zero-order chi connectivity index (χ0) is 13.9. The number of rotatable bonds is 9. The van der Waals surface area contributed by atoms with E-state index in [0.29, 0.717) is 19.7 Å². The Balaban J connectivity index is 1.94. The fraction of sp³-hybridized carbons (Fsp3) is 0.867. The third kappa shape index (κ3) is 7.19. The summed E-state index contributed by atoms with van der Waals surface area (Å²) in [7, 11) is 0. The summed E-state index contributed by atoms with van der Waals surface area (Å²) >= 11 is 0. The minimum absolute atomic E-state index is 0.00353. The number of ether oxygens (including phenoxy) is 2. The summed E-state index contributed by atoms with van der Waals surface area (Å²) in [6.45, 7) is 3.74. The monoisotopic (exact) mass is 270 g/mol. The van der Waals surface area contributed by atoms with Crippen molar-refractivity contribution in [3.05, 3.63) is 0 Å². The number of carbonyl (C=O) groups is 2. The van der Waals surface area contributed by atoms with Gasteiger partial charge in [-0.2, -0.15) is 0 Å². The van der Waals surface area contributed by atoms with Gasteiger partial charge in [-0.15, -0.1) is 0 Å². The maximum atomic E-state index is 11.8. The molecule has 0 amide bonds. The number of esters is 1. The molecule has 4 heteroatoms. The summed E-state index contributed by atoms with van der Waals surface area (Å²) in [6, 6.07) is 0. The van der Waals surface area contributed by atoms with Gasteiger partial charge in [-0.25, -0.2) is 0 Å². The van der Waals surface area contributed by atoms with Crippen LogP contribution in [-0.2, 0) is 19.1 Å². The standard InChI is InChI=1S/C15H26O4/c1-13-6-8-14(9-7-13)15(17)19-11-5-3-2-4-10-18-12-16/h12-14H,2-11H2,1H3. The normalized spacial score (nSPS) is 22.8. The molecule has 0 radical (unpaired) electrons. The lowest BCUT2D eigenvalue weighted by Crippen LogP contribution is -2.23. The smallest absolute Gasteiger partial charge is 0.308 e. The van der Waals surface area contributed by atoms with E-state index in [1.54, 1.807) is 0 Å². The van der Waals surface area contributed by atoms with Crippen LogP contribution in [0.3, 0.4) is 0 Å². The van der Waals surface area contributed by atoms with E-state index in [1.165, 1.54) is 0 Å². The van der Waals surface area contributed by atoms with Crippen LogP contribution in [0.5, 0.6) is 0 Å². The predicted molar refractivity (Wildman–Crippen MR) is 72.6 cm³/mol. The van der Waals surface area contributed by atoms with Gasteiger partial charge in [0, 0.05) is 0 Å². The van der Waals surface area contributed by atoms with Gasteiger partial charge in [0.2, 0.25) is 0 Å². The van der Waals surface area contributed by atoms with E-state index in [1.807, 2.05) is 0 Å². The molecule has 1 aliphatic rings. The molecule has 0 heterocycles. The van der Waals surface area contributed by atoms with Gasteiger partial charge in [-0.05, 0) is 57.3 Å². The first-order valence-electron chi connectivity index (χ1n) is 7.46. The Morgan fingerprint density at radius 3 is 2.32 bits per heavy atom. The SMILES string of the molecule is CC1CCC(C(=O)OCCCCCCOC=O)CC1. The van der Waals surface area contributed by atoms with Gasteiger partial charge in [0.25, 0.3) is 6.47 Å². The van der Waals surface area contributed by atoms with Crippen LogP contribution in [0.25, 0.3) is 0 Å². The predicted octanol–water partition coefficient (Wildman–Crippen LogP) is 3.09. The minimum Gasteiger partial charge on any atom is -0.468 e. The molecule has 1 rings (SSSR count). The molecule has 4 nitrogen and oxygen atoms in total. The molecular formula is C15H26O4. The average molecular weight is 270 g/mol. The summed E-state index contributed by atoms with van der Waals surface area (Å²) in [6.07, 6.45) is 8.08. The molecule has 0 aromatic heterocycles. The van der Waals surface area contributed by atoms with Gasteiger partial charge in [0.15, 0.2) is 0 Å². The van der Waals surface area contributed by atoms with Gasteiger partial charge >= 0.3 is 5.97 Å². The largest absolute Gasteiger partial charge is 0.468 e. The van der Waals surface area contributed by atoms with Gasteiger partial charge in [0.05, 0.1) is 19.1 Å². The number of carbonyl (C=O) groups excluding carboxylic acids is 2.